The largest absolute Gasteiger partial charge is 0.295 e. The smallest absolute Gasteiger partial charge is 0.156 e. The van der Waals surface area contributed by atoms with Crippen LogP contribution in [0.25, 0.3) is 0 Å². The number of hydrogen-bond donors (Lipinski definition) is 0. The highest BCUT2D eigenvalue weighted by molar-refractivity contribution is 5.95. The van der Waals surface area contributed by atoms with Crippen LogP contribution in [0.5, 0.6) is 0 Å². The summed E-state index contributed by atoms with van der Waals surface area (Å²) in [5, 5.41) is 0. The summed E-state index contributed by atoms with van der Waals surface area (Å²) in [6.07, 6.45) is 5.39. The number of carbonyl (C=O) groups is 1. The predicted octanol–water partition coefficient (Wildman–Crippen LogP) is 1.93. The highest BCUT2D eigenvalue weighted by atomic mass is 16.1. The van der Waals surface area contributed by atoms with Gasteiger partial charge in [0.15, 0.2) is 5.78 Å². The van der Waals surface area contributed by atoms with E-state index in [2.05, 4.69) is 6.92 Å². The molecule has 3 rings (SSSR count). The van der Waals surface area contributed by atoms with Gasteiger partial charge in [-0.2, -0.15) is 0 Å². The molecule has 2 fully saturated rings. The van der Waals surface area contributed by atoms with E-state index in [9.17, 15) is 4.79 Å². The molecule has 58 valence electrons. The van der Waals surface area contributed by atoms with Crippen LogP contribution in [-0.2, 0) is 4.79 Å². The summed E-state index contributed by atoms with van der Waals surface area (Å²) in [5.41, 5.74) is 1.80. The molecule has 0 N–H and O–H groups in total. The molecule has 0 spiro atoms. The summed E-state index contributed by atoms with van der Waals surface area (Å²) in [4.78, 5) is 11.1. The van der Waals surface area contributed by atoms with Gasteiger partial charge in [0.25, 0.3) is 0 Å². The zero-order chi connectivity index (χ0) is 7.64. The molecule has 0 aliphatic heterocycles. The molecule has 0 heterocycles. The van der Waals surface area contributed by atoms with Crippen molar-refractivity contribution in [2.24, 2.45) is 17.3 Å². The molecular formula is C10H12O. The van der Waals surface area contributed by atoms with E-state index in [-0.39, 0.29) is 0 Å². The number of ketones is 1. The molecule has 3 atom stereocenters. The quantitative estimate of drug-likeness (QED) is 0.513. The second kappa shape index (κ2) is 1.45. The minimum atomic E-state index is 0.310. The second-order valence-corrected chi connectivity index (χ2v) is 4.61. The normalized spacial score (nSPS) is 52.1. The van der Waals surface area contributed by atoms with E-state index in [4.69, 9.17) is 0 Å². The van der Waals surface area contributed by atoms with Crippen LogP contribution in [0.3, 0.4) is 0 Å². The minimum absolute atomic E-state index is 0.310. The molecule has 0 bridgehead atoms. The molecule has 3 aliphatic rings. The summed E-state index contributed by atoms with van der Waals surface area (Å²) in [5.74, 6) is 2.15. The fourth-order valence-corrected chi connectivity index (χ4v) is 3.06. The molecule has 1 nitrogen and oxygen atoms in total. The van der Waals surface area contributed by atoms with Gasteiger partial charge in [-0.3, -0.25) is 4.79 Å². The standard InChI is InChI=1S/C10H12O/c1-10-4-6-2-8(6)9(10)3-7(11)5-10/h3,6,8H,2,4-5H2,1H3/t6-,8-,10+/m1/s1. The van der Waals surface area contributed by atoms with E-state index in [1.165, 1.54) is 18.4 Å². The van der Waals surface area contributed by atoms with Crippen molar-refractivity contribution in [2.75, 3.05) is 0 Å². The summed E-state index contributed by atoms with van der Waals surface area (Å²) < 4.78 is 0. The van der Waals surface area contributed by atoms with Crippen LogP contribution in [0.1, 0.15) is 26.2 Å². The monoisotopic (exact) mass is 148 g/mol. The average molecular weight is 148 g/mol. The lowest BCUT2D eigenvalue weighted by Crippen LogP contribution is -2.13. The molecule has 0 amide bonds. The first-order chi connectivity index (χ1) is 5.19. The molecule has 0 saturated heterocycles. The Morgan fingerprint density at radius 2 is 2.45 bits per heavy atom. The van der Waals surface area contributed by atoms with E-state index in [0.29, 0.717) is 11.2 Å². The maximum atomic E-state index is 11.1. The van der Waals surface area contributed by atoms with Crippen molar-refractivity contribution >= 4 is 5.78 Å². The Balaban J connectivity index is 2.09. The number of rotatable bonds is 0. The lowest BCUT2D eigenvalue weighted by molar-refractivity contribution is -0.115. The van der Waals surface area contributed by atoms with Gasteiger partial charge in [0.2, 0.25) is 0 Å². The van der Waals surface area contributed by atoms with Crippen LogP contribution >= 0.6 is 0 Å². The van der Waals surface area contributed by atoms with E-state index in [0.717, 1.165) is 18.3 Å². The van der Waals surface area contributed by atoms with Crippen LogP contribution in [0.2, 0.25) is 0 Å². The molecule has 0 aromatic heterocycles. The van der Waals surface area contributed by atoms with Gasteiger partial charge in [-0.1, -0.05) is 12.5 Å². The molecule has 0 aromatic carbocycles. The van der Waals surface area contributed by atoms with E-state index >= 15 is 0 Å². The first kappa shape index (κ1) is 5.99. The molecular weight excluding hydrogens is 136 g/mol. The fourth-order valence-electron chi connectivity index (χ4n) is 3.06. The van der Waals surface area contributed by atoms with E-state index in [1.807, 2.05) is 6.08 Å². The Labute approximate surface area is 66.5 Å². The fraction of sp³-hybridized carbons (Fsp3) is 0.700. The third-order valence-corrected chi connectivity index (χ3v) is 3.61. The maximum absolute atomic E-state index is 11.1. The Bertz CT molecular complexity index is 277. The summed E-state index contributed by atoms with van der Waals surface area (Å²) >= 11 is 0. The summed E-state index contributed by atoms with van der Waals surface area (Å²) in [7, 11) is 0. The van der Waals surface area contributed by atoms with E-state index < -0.39 is 0 Å². The lowest BCUT2D eigenvalue weighted by Gasteiger charge is -2.21. The van der Waals surface area contributed by atoms with Gasteiger partial charge in [-0.15, -0.1) is 0 Å². The predicted molar refractivity (Wildman–Crippen MR) is 42.0 cm³/mol. The number of carbonyl (C=O) groups excluding carboxylic acids is 1. The molecule has 0 unspecified atom stereocenters. The third-order valence-electron chi connectivity index (χ3n) is 3.61. The zero-order valence-corrected chi connectivity index (χ0v) is 6.76. The van der Waals surface area contributed by atoms with Crippen LogP contribution in [-0.4, -0.2) is 5.78 Å². The molecule has 0 radical (unpaired) electrons. The van der Waals surface area contributed by atoms with Crippen molar-refractivity contribution in [1.82, 2.24) is 0 Å². The summed E-state index contributed by atoms with van der Waals surface area (Å²) in [6, 6.07) is 0. The Morgan fingerprint density at radius 3 is 3.18 bits per heavy atom. The van der Waals surface area contributed by atoms with Crippen LogP contribution in [0.4, 0.5) is 0 Å². The number of hydrogen-bond acceptors (Lipinski definition) is 1. The molecule has 3 aliphatic carbocycles. The molecule has 11 heavy (non-hydrogen) atoms. The first-order valence-electron chi connectivity index (χ1n) is 4.44. The van der Waals surface area contributed by atoms with Crippen molar-refractivity contribution in [2.45, 2.75) is 26.2 Å². The second-order valence-electron chi connectivity index (χ2n) is 4.61. The maximum Gasteiger partial charge on any atom is 0.156 e. The van der Waals surface area contributed by atoms with Crippen molar-refractivity contribution in [3.63, 3.8) is 0 Å². The Kier molecular flexibility index (Phi) is 0.790. The van der Waals surface area contributed by atoms with Crippen molar-refractivity contribution < 1.29 is 4.79 Å². The highest BCUT2D eigenvalue weighted by Gasteiger charge is 2.57. The highest BCUT2D eigenvalue weighted by Crippen LogP contribution is 2.66. The lowest BCUT2D eigenvalue weighted by atomic mass is 9.82. The van der Waals surface area contributed by atoms with Crippen molar-refractivity contribution in [1.29, 1.82) is 0 Å². The molecule has 1 heteroatoms. The first-order valence-corrected chi connectivity index (χ1v) is 4.44. The van der Waals surface area contributed by atoms with Crippen LogP contribution < -0.4 is 0 Å². The van der Waals surface area contributed by atoms with Gasteiger partial charge >= 0.3 is 0 Å². The Hall–Kier alpha value is -0.590. The van der Waals surface area contributed by atoms with Crippen LogP contribution in [0, 0.1) is 17.3 Å². The molecule has 0 aromatic rings. The van der Waals surface area contributed by atoms with Crippen LogP contribution in [0.15, 0.2) is 11.6 Å². The van der Waals surface area contributed by atoms with Gasteiger partial charge in [0.1, 0.15) is 0 Å². The van der Waals surface area contributed by atoms with Gasteiger partial charge in [0, 0.05) is 6.42 Å². The summed E-state index contributed by atoms with van der Waals surface area (Å²) in [6.45, 7) is 2.26. The van der Waals surface area contributed by atoms with Gasteiger partial charge in [0.05, 0.1) is 0 Å². The Morgan fingerprint density at radius 1 is 1.64 bits per heavy atom. The van der Waals surface area contributed by atoms with Crippen molar-refractivity contribution in [3.05, 3.63) is 11.6 Å². The van der Waals surface area contributed by atoms with E-state index in [1.54, 1.807) is 0 Å². The van der Waals surface area contributed by atoms with Gasteiger partial charge in [-0.05, 0) is 36.2 Å². The zero-order valence-electron chi connectivity index (χ0n) is 6.76. The number of allylic oxidation sites excluding steroid dienone is 2. The molecule has 2 saturated carbocycles. The third kappa shape index (κ3) is 0.597. The average Bonchev–Trinajstić information content (AvgIpc) is 2.46. The van der Waals surface area contributed by atoms with Gasteiger partial charge in [-0.25, -0.2) is 0 Å². The van der Waals surface area contributed by atoms with Crippen molar-refractivity contribution in [3.8, 4) is 0 Å². The van der Waals surface area contributed by atoms with Gasteiger partial charge < -0.3 is 0 Å². The number of fused-ring (bicyclic) bond motifs is 3. The SMILES string of the molecule is C[C@]12CC(=O)C=C1[C@@H]1C[C@@H]1C2. The topological polar surface area (TPSA) is 17.1 Å². The minimum Gasteiger partial charge on any atom is -0.295 e.